The lowest BCUT2D eigenvalue weighted by atomic mass is 9.97. The second kappa shape index (κ2) is 8.94. The van der Waals surface area contributed by atoms with Gasteiger partial charge in [0, 0.05) is 12.1 Å². The predicted octanol–water partition coefficient (Wildman–Crippen LogP) is 4.44. The van der Waals surface area contributed by atoms with Crippen LogP contribution in [-0.2, 0) is 10.0 Å². The number of amides is 1. The van der Waals surface area contributed by atoms with Crippen LogP contribution in [0.25, 0.3) is 0 Å². The summed E-state index contributed by atoms with van der Waals surface area (Å²) in [5.41, 5.74) is 4.25. The number of rotatable bonds is 5. The third kappa shape index (κ3) is 4.80. The van der Waals surface area contributed by atoms with E-state index in [0.29, 0.717) is 24.2 Å². The minimum Gasteiger partial charge on any atom is -0.341 e. The third-order valence-corrected chi connectivity index (χ3v) is 7.46. The highest BCUT2D eigenvalue weighted by Gasteiger charge is 2.26. The average Bonchev–Trinajstić information content (AvgIpc) is 2.78. The van der Waals surface area contributed by atoms with Gasteiger partial charge in [-0.1, -0.05) is 60.2 Å². The predicted molar refractivity (Wildman–Crippen MR) is 124 cm³/mol. The zero-order chi connectivity index (χ0) is 21.8. The molecule has 1 amide bonds. The Labute approximate surface area is 183 Å². The van der Waals surface area contributed by atoms with Gasteiger partial charge >= 0.3 is 0 Å². The summed E-state index contributed by atoms with van der Waals surface area (Å²) >= 11 is 0. The van der Waals surface area contributed by atoms with Gasteiger partial charge in [0.1, 0.15) is 0 Å². The minimum atomic E-state index is -3.27. The first kappa shape index (κ1) is 21.1. The molecule has 0 bridgehead atoms. The fraction of sp³-hybridized carbons (Fsp3) is 0.240. The summed E-state index contributed by atoms with van der Waals surface area (Å²) in [5.74, 6) is -0.0349. The molecule has 3 aromatic rings. The van der Waals surface area contributed by atoms with Crippen molar-refractivity contribution in [1.29, 1.82) is 0 Å². The second-order valence-electron chi connectivity index (χ2n) is 7.87. The lowest BCUT2D eigenvalue weighted by molar-refractivity contribution is 0.0943. The lowest BCUT2D eigenvalue weighted by Crippen LogP contribution is -2.37. The van der Waals surface area contributed by atoms with E-state index in [2.05, 4.69) is 5.32 Å². The van der Waals surface area contributed by atoms with Gasteiger partial charge in [-0.15, -0.1) is 0 Å². The number of nitrogens with one attached hydrogen (secondary N) is 1. The number of hydrogen-bond acceptors (Lipinski definition) is 3. The Balaban J connectivity index is 1.57. The molecule has 1 saturated heterocycles. The summed E-state index contributed by atoms with van der Waals surface area (Å²) in [4.78, 5) is 13.0. The Morgan fingerprint density at radius 3 is 2.16 bits per heavy atom. The molecule has 1 aliphatic rings. The number of aryl methyl sites for hydroxylation is 1. The molecule has 0 spiro atoms. The van der Waals surface area contributed by atoms with E-state index in [1.54, 1.807) is 24.3 Å². The Morgan fingerprint density at radius 2 is 1.52 bits per heavy atom. The lowest BCUT2D eigenvalue weighted by Gasteiger charge is -2.28. The smallest absolute Gasteiger partial charge is 0.252 e. The minimum absolute atomic E-state index is 0.171. The zero-order valence-corrected chi connectivity index (χ0v) is 18.3. The van der Waals surface area contributed by atoms with Crippen LogP contribution in [0.1, 0.15) is 45.9 Å². The number of anilines is 1. The summed E-state index contributed by atoms with van der Waals surface area (Å²) in [6.07, 6.45) is 1.54. The molecule has 3 aromatic carbocycles. The molecule has 4 rings (SSSR count). The summed E-state index contributed by atoms with van der Waals surface area (Å²) < 4.78 is 26.1. The molecule has 1 fully saturated rings. The van der Waals surface area contributed by atoms with Crippen LogP contribution < -0.4 is 9.62 Å². The van der Waals surface area contributed by atoms with Crippen LogP contribution in [-0.4, -0.2) is 26.6 Å². The molecular formula is C25H26N2O3S. The number of carbonyl (C=O) groups is 1. The molecule has 1 aliphatic heterocycles. The van der Waals surface area contributed by atoms with Crippen LogP contribution in [0.3, 0.4) is 0 Å². The van der Waals surface area contributed by atoms with Crippen molar-refractivity contribution in [3.63, 3.8) is 0 Å². The van der Waals surface area contributed by atoms with Gasteiger partial charge in [0.25, 0.3) is 5.91 Å². The first-order valence-corrected chi connectivity index (χ1v) is 12.1. The number of benzene rings is 3. The second-order valence-corrected chi connectivity index (χ2v) is 9.88. The van der Waals surface area contributed by atoms with E-state index in [4.69, 9.17) is 0 Å². The molecule has 1 N–H and O–H groups in total. The van der Waals surface area contributed by atoms with E-state index in [1.807, 2.05) is 61.5 Å². The topological polar surface area (TPSA) is 66.5 Å². The molecule has 160 valence electrons. The maximum absolute atomic E-state index is 13.0. The van der Waals surface area contributed by atoms with E-state index in [1.165, 1.54) is 4.31 Å². The van der Waals surface area contributed by atoms with E-state index >= 15 is 0 Å². The first-order valence-electron chi connectivity index (χ1n) is 10.5. The van der Waals surface area contributed by atoms with Crippen LogP contribution in [0.5, 0.6) is 0 Å². The summed E-state index contributed by atoms with van der Waals surface area (Å²) in [5, 5.41) is 3.13. The summed E-state index contributed by atoms with van der Waals surface area (Å²) in [6.45, 7) is 2.52. The summed E-state index contributed by atoms with van der Waals surface area (Å²) in [6, 6.07) is 24.5. The number of sulfonamides is 1. The normalized spacial score (nSPS) is 16.5. The largest absolute Gasteiger partial charge is 0.341 e. The third-order valence-electron chi connectivity index (χ3n) is 5.59. The van der Waals surface area contributed by atoms with Gasteiger partial charge in [-0.2, -0.15) is 0 Å². The standard InChI is InChI=1S/C25H26N2O3S/c1-19-9-11-21(12-10-19)24(20-7-3-2-4-8-20)26-25(28)22-13-15-23(16-14-22)27-17-5-6-18-31(27,29)30/h2-4,7-16,24H,5-6,17-18H2,1H3,(H,26,28)/t24-/m1/s1. The van der Waals surface area contributed by atoms with Crippen molar-refractivity contribution in [3.05, 3.63) is 101 Å². The van der Waals surface area contributed by atoms with Gasteiger partial charge in [0.15, 0.2) is 0 Å². The van der Waals surface area contributed by atoms with Crippen molar-refractivity contribution in [1.82, 2.24) is 5.32 Å². The number of carbonyl (C=O) groups excluding carboxylic acids is 1. The molecule has 0 aromatic heterocycles. The highest BCUT2D eigenvalue weighted by atomic mass is 32.2. The van der Waals surface area contributed by atoms with Crippen molar-refractivity contribution < 1.29 is 13.2 Å². The molecule has 1 atom stereocenters. The number of hydrogen-bond donors (Lipinski definition) is 1. The fourth-order valence-electron chi connectivity index (χ4n) is 3.84. The Morgan fingerprint density at radius 1 is 0.871 bits per heavy atom. The van der Waals surface area contributed by atoms with Crippen molar-refractivity contribution in [2.75, 3.05) is 16.6 Å². The molecule has 0 aliphatic carbocycles. The Kier molecular flexibility index (Phi) is 6.09. The molecular weight excluding hydrogens is 408 g/mol. The Hall–Kier alpha value is -3.12. The van der Waals surface area contributed by atoms with E-state index in [9.17, 15) is 13.2 Å². The van der Waals surface area contributed by atoms with Gasteiger partial charge < -0.3 is 5.32 Å². The SMILES string of the molecule is Cc1ccc([C@H](NC(=O)c2ccc(N3CCCCS3(=O)=O)cc2)c2ccccc2)cc1. The average molecular weight is 435 g/mol. The molecule has 0 unspecified atom stereocenters. The van der Waals surface area contributed by atoms with Gasteiger partial charge in [-0.05, 0) is 55.2 Å². The zero-order valence-electron chi connectivity index (χ0n) is 17.5. The van der Waals surface area contributed by atoms with Crippen LogP contribution >= 0.6 is 0 Å². The van der Waals surface area contributed by atoms with Crippen molar-refractivity contribution in [3.8, 4) is 0 Å². The van der Waals surface area contributed by atoms with Gasteiger partial charge in [-0.3, -0.25) is 9.10 Å². The van der Waals surface area contributed by atoms with Crippen LogP contribution in [0.15, 0.2) is 78.9 Å². The van der Waals surface area contributed by atoms with Crippen molar-refractivity contribution in [2.45, 2.75) is 25.8 Å². The summed E-state index contributed by atoms with van der Waals surface area (Å²) in [7, 11) is -3.27. The molecule has 0 saturated carbocycles. The molecule has 0 radical (unpaired) electrons. The van der Waals surface area contributed by atoms with Crippen LogP contribution in [0, 0.1) is 6.92 Å². The monoisotopic (exact) mass is 434 g/mol. The quantitative estimate of drug-likeness (QED) is 0.645. The molecule has 31 heavy (non-hydrogen) atoms. The van der Waals surface area contributed by atoms with Gasteiger partial charge in [0.2, 0.25) is 10.0 Å². The van der Waals surface area contributed by atoms with Gasteiger partial charge in [0.05, 0.1) is 17.5 Å². The van der Waals surface area contributed by atoms with E-state index < -0.39 is 10.0 Å². The van der Waals surface area contributed by atoms with Crippen molar-refractivity contribution in [2.24, 2.45) is 0 Å². The fourth-order valence-corrected chi connectivity index (χ4v) is 5.48. The molecule has 6 heteroatoms. The number of nitrogens with zero attached hydrogens (tertiary/aromatic N) is 1. The van der Waals surface area contributed by atoms with Crippen molar-refractivity contribution >= 4 is 21.6 Å². The van der Waals surface area contributed by atoms with Gasteiger partial charge in [-0.25, -0.2) is 8.42 Å². The highest BCUT2D eigenvalue weighted by Crippen LogP contribution is 2.25. The Bertz CT molecular complexity index is 1140. The van der Waals surface area contributed by atoms with Crippen LogP contribution in [0.4, 0.5) is 5.69 Å². The first-order chi connectivity index (χ1) is 14.9. The molecule has 1 heterocycles. The van der Waals surface area contributed by atoms with E-state index in [0.717, 1.165) is 23.1 Å². The highest BCUT2D eigenvalue weighted by molar-refractivity contribution is 7.92. The van der Waals surface area contributed by atoms with Crippen LogP contribution in [0.2, 0.25) is 0 Å². The maximum Gasteiger partial charge on any atom is 0.252 e. The maximum atomic E-state index is 13.0. The van der Waals surface area contributed by atoms with E-state index in [-0.39, 0.29) is 17.7 Å². The molecule has 5 nitrogen and oxygen atoms in total.